The molecule has 1 saturated heterocycles. The minimum atomic E-state index is -0.357. The van der Waals surface area contributed by atoms with Crippen molar-refractivity contribution in [3.05, 3.63) is 29.8 Å². The van der Waals surface area contributed by atoms with Crippen LogP contribution in [-0.4, -0.2) is 24.3 Å². The summed E-state index contributed by atoms with van der Waals surface area (Å²) >= 11 is 0. The van der Waals surface area contributed by atoms with Crippen molar-refractivity contribution in [1.29, 1.82) is 0 Å². The molecule has 1 aromatic carbocycles. The van der Waals surface area contributed by atoms with Crippen molar-refractivity contribution >= 4 is 18.6 Å². The summed E-state index contributed by atoms with van der Waals surface area (Å²) in [6, 6.07) is 7.93. The maximum Gasteiger partial charge on any atom is 0.494 e. The van der Waals surface area contributed by atoms with Gasteiger partial charge in [0.1, 0.15) is 6.61 Å². The third kappa shape index (κ3) is 4.26. The van der Waals surface area contributed by atoms with E-state index in [1.165, 1.54) is 12.8 Å². The van der Waals surface area contributed by atoms with Gasteiger partial charge in [0.2, 0.25) is 0 Å². The van der Waals surface area contributed by atoms with E-state index in [1.54, 1.807) is 0 Å². The summed E-state index contributed by atoms with van der Waals surface area (Å²) in [5.41, 5.74) is 1.29. The largest absolute Gasteiger partial charge is 0.494 e. The van der Waals surface area contributed by atoms with E-state index in [9.17, 15) is 4.79 Å². The van der Waals surface area contributed by atoms with Gasteiger partial charge < -0.3 is 14.0 Å². The summed E-state index contributed by atoms with van der Waals surface area (Å²) in [5, 5.41) is 0. The van der Waals surface area contributed by atoms with Crippen LogP contribution in [0.2, 0.25) is 0 Å². The molecule has 136 valence electrons. The number of esters is 1. The van der Waals surface area contributed by atoms with Crippen LogP contribution in [0, 0.1) is 5.92 Å². The highest BCUT2D eigenvalue weighted by Gasteiger charge is 2.51. The van der Waals surface area contributed by atoms with Crippen LogP contribution in [0.4, 0.5) is 0 Å². The van der Waals surface area contributed by atoms with Crippen molar-refractivity contribution in [2.45, 2.75) is 77.6 Å². The van der Waals surface area contributed by atoms with Gasteiger partial charge in [0.15, 0.2) is 0 Å². The topological polar surface area (TPSA) is 44.8 Å². The standard InChI is InChI=1S/C20H29BO4/c1-19(2)20(3,4)25-21(24-19)17-11-9-16(10-12-17)14-23-18(22)13-15-7-5-6-8-15/h9-12,15H,5-8,13-14H2,1-4H3. The molecule has 4 nitrogen and oxygen atoms in total. The molecule has 1 aliphatic carbocycles. The molecule has 0 amide bonds. The molecule has 2 aliphatic rings. The SMILES string of the molecule is CC1(C)OB(c2ccc(COC(=O)CC3CCCC3)cc2)OC1(C)C. The first-order valence-electron chi connectivity index (χ1n) is 9.37. The fraction of sp³-hybridized carbons (Fsp3) is 0.650. The monoisotopic (exact) mass is 344 g/mol. The predicted molar refractivity (Wildman–Crippen MR) is 98.5 cm³/mol. The molecule has 0 unspecified atom stereocenters. The highest BCUT2D eigenvalue weighted by Crippen LogP contribution is 2.36. The molecule has 0 atom stereocenters. The van der Waals surface area contributed by atoms with Gasteiger partial charge in [-0.15, -0.1) is 0 Å². The van der Waals surface area contributed by atoms with E-state index in [2.05, 4.69) is 0 Å². The minimum Gasteiger partial charge on any atom is -0.461 e. The summed E-state index contributed by atoms with van der Waals surface area (Å²) in [6.45, 7) is 8.52. The summed E-state index contributed by atoms with van der Waals surface area (Å²) in [4.78, 5) is 11.9. The van der Waals surface area contributed by atoms with Crippen LogP contribution in [0.3, 0.4) is 0 Å². The quantitative estimate of drug-likeness (QED) is 0.605. The van der Waals surface area contributed by atoms with Crippen molar-refractivity contribution in [1.82, 2.24) is 0 Å². The van der Waals surface area contributed by atoms with Gasteiger partial charge in [0, 0.05) is 6.42 Å². The molecule has 0 spiro atoms. The van der Waals surface area contributed by atoms with Crippen LogP contribution in [0.15, 0.2) is 24.3 Å². The highest BCUT2D eigenvalue weighted by molar-refractivity contribution is 6.62. The zero-order valence-electron chi connectivity index (χ0n) is 15.8. The first kappa shape index (κ1) is 18.5. The van der Waals surface area contributed by atoms with Gasteiger partial charge in [-0.3, -0.25) is 4.79 Å². The lowest BCUT2D eigenvalue weighted by atomic mass is 9.79. The molecule has 1 aromatic rings. The number of carbonyl (C=O) groups is 1. The molecule has 0 N–H and O–H groups in total. The van der Waals surface area contributed by atoms with Gasteiger partial charge in [0.25, 0.3) is 0 Å². The summed E-state index contributed by atoms with van der Waals surface area (Å²) < 4.78 is 17.5. The average Bonchev–Trinajstić information content (AvgIpc) is 3.12. The molecule has 2 fully saturated rings. The lowest BCUT2D eigenvalue weighted by Crippen LogP contribution is -2.41. The van der Waals surface area contributed by atoms with Gasteiger partial charge in [-0.25, -0.2) is 0 Å². The second kappa shape index (κ2) is 7.12. The van der Waals surface area contributed by atoms with Gasteiger partial charge in [-0.05, 0) is 57.5 Å². The molecule has 3 rings (SSSR count). The van der Waals surface area contributed by atoms with Crippen LogP contribution in [-0.2, 0) is 25.4 Å². The Kier molecular flexibility index (Phi) is 5.26. The first-order valence-corrected chi connectivity index (χ1v) is 9.37. The smallest absolute Gasteiger partial charge is 0.461 e. The first-order chi connectivity index (χ1) is 11.8. The van der Waals surface area contributed by atoms with E-state index in [0.717, 1.165) is 23.9 Å². The molecule has 0 aromatic heterocycles. The van der Waals surface area contributed by atoms with Crippen LogP contribution in [0.25, 0.3) is 0 Å². The maximum absolute atomic E-state index is 11.9. The van der Waals surface area contributed by atoms with Crippen molar-refractivity contribution in [2.24, 2.45) is 5.92 Å². The molecule has 1 saturated carbocycles. The van der Waals surface area contributed by atoms with E-state index in [4.69, 9.17) is 14.0 Å². The lowest BCUT2D eigenvalue weighted by Gasteiger charge is -2.32. The second-order valence-corrected chi connectivity index (χ2v) is 8.35. The Morgan fingerprint density at radius 1 is 1.08 bits per heavy atom. The molecule has 25 heavy (non-hydrogen) atoms. The number of carbonyl (C=O) groups excluding carboxylic acids is 1. The third-order valence-corrected chi connectivity index (χ3v) is 5.84. The Bertz CT molecular complexity index is 587. The summed E-state index contributed by atoms with van der Waals surface area (Å²) in [5.74, 6) is 0.445. The minimum absolute atomic E-state index is 0.0815. The summed E-state index contributed by atoms with van der Waals surface area (Å²) in [6.07, 6.45) is 5.39. The molecular formula is C20H29BO4. The Hall–Kier alpha value is -1.33. The third-order valence-electron chi connectivity index (χ3n) is 5.84. The lowest BCUT2D eigenvalue weighted by molar-refractivity contribution is -0.146. The van der Waals surface area contributed by atoms with Crippen LogP contribution in [0.5, 0.6) is 0 Å². The number of hydrogen-bond acceptors (Lipinski definition) is 4. The van der Waals surface area contributed by atoms with Crippen molar-refractivity contribution < 1.29 is 18.8 Å². The Morgan fingerprint density at radius 2 is 1.64 bits per heavy atom. The Balaban J connectivity index is 1.51. The number of hydrogen-bond donors (Lipinski definition) is 0. The highest BCUT2D eigenvalue weighted by atomic mass is 16.7. The number of rotatable bonds is 5. The molecule has 0 bridgehead atoms. The van der Waals surface area contributed by atoms with Crippen molar-refractivity contribution in [3.8, 4) is 0 Å². The van der Waals surface area contributed by atoms with E-state index in [-0.39, 0.29) is 24.3 Å². The van der Waals surface area contributed by atoms with Crippen molar-refractivity contribution in [3.63, 3.8) is 0 Å². The zero-order valence-corrected chi connectivity index (χ0v) is 15.8. The molecule has 1 aliphatic heterocycles. The van der Waals surface area contributed by atoms with E-state index in [1.807, 2.05) is 52.0 Å². The van der Waals surface area contributed by atoms with Gasteiger partial charge in [-0.2, -0.15) is 0 Å². The van der Waals surface area contributed by atoms with Crippen LogP contribution in [0.1, 0.15) is 65.4 Å². The van der Waals surface area contributed by atoms with Crippen molar-refractivity contribution in [2.75, 3.05) is 0 Å². The van der Waals surface area contributed by atoms with E-state index >= 15 is 0 Å². The maximum atomic E-state index is 11.9. The Morgan fingerprint density at radius 3 is 2.20 bits per heavy atom. The second-order valence-electron chi connectivity index (χ2n) is 8.35. The van der Waals surface area contributed by atoms with Gasteiger partial charge in [0.05, 0.1) is 11.2 Å². The molecule has 5 heteroatoms. The summed E-state index contributed by atoms with van der Waals surface area (Å²) in [7, 11) is -0.357. The molecule has 0 radical (unpaired) electrons. The van der Waals surface area contributed by atoms with Gasteiger partial charge in [-0.1, -0.05) is 37.1 Å². The molecular weight excluding hydrogens is 315 g/mol. The van der Waals surface area contributed by atoms with E-state index in [0.29, 0.717) is 18.9 Å². The van der Waals surface area contributed by atoms with Crippen LogP contribution >= 0.6 is 0 Å². The number of benzene rings is 1. The predicted octanol–water partition coefficient (Wildman–Crippen LogP) is 3.61. The zero-order chi connectivity index (χ0) is 18.1. The van der Waals surface area contributed by atoms with Gasteiger partial charge >= 0.3 is 13.1 Å². The number of ether oxygens (including phenoxy) is 1. The van der Waals surface area contributed by atoms with E-state index < -0.39 is 0 Å². The Labute approximate surface area is 151 Å². The fourth-order valence-corrected chi connectivity index (χ4v) is 3.42. The normalized spacial score (nSPS) is 22.3. The average molecular weight is 344 g/mol. The fourth-order valence-electron chi connectivity index (χ4n) is 3.42. The molecule has 1 heterocycles. The van der Waals surface area contributed by atoms with Crippen LogP contribution < -0.4 is 5.46 Å².